The maximum atomic E-state index is 13.8. The second kappa shape index (κ2) is 7.42. The smallest absolute Gasteiger partial charge is 0.222 e. The zero-order chi connectivity index (χ0) is 19.4. The number of nitrogen functional groups attached to an aromatic ring is 2. The van der Waals surface area contributed by atoms with E-state index in [0.717, 1.165) is 0 Å². The summed E-state index contributed by atoms with van der Waals surface area (Å²) in [5, 5.41) is 9.38. The second-order valence-electron chi connectivity index (χ2n) is 5.47. The van der Waals surface area contributed by atoms with E-state index >= 15 is 0 Å². The van der Waals surface area contributed by atoms with Crippen LogP contribution in [0.2, 0.25) is 0 Å². The first-order chi connectivity index (χ1) is 13.0. The number of benzene rings is 2. The lowest BCUT2D eigenvalue weighted by Gasteiger charge is -2.09. The van der Waals surface area contributed by atoms with Crippen LogP contribution in [0.3, 0.4) is 0 Å². The SMILES string of the molecule is COc1ccc(C#Cc2cc(F)ccc2-c2nc(N)nc(N)c2C#N)cc1. The Labute approximate surface area is 155 Å². The van der Waals surface area contributed by atoms with E-state index in [2.05, 4.69) is 21.8 Å². The zero-order valence-electron chi connectivity index (χ0n) is 14.3. The van der Waals surface area contributed by atoms with E-state index in [1.807, 2.05) is 6.07 Å². The number of nitrogens with zero attached hydrogens (tertiary/aromatic N) is 3. The van der Waals surface area contributed by atoms with E-state index in [4.69, 9.17) is 16.2 Å². The Morgan fingerprint density at radius 3 is 2.44 bits per heavy atom. The monoisotopic (exact) mass is 359 g/mol. The lowest BCUT2D eigenvalue weighted by atomic mass is 10.0. The highest BCUT2D eigenvalue weighted by atomic mass is 19.1. The third-order valence-electron chi connectivity index (χ3n) is 3.73. The van der Waals surface area contributed by atoms with Gasteiger partial charge in [0.15, 0.2) is 0 Å². The molecular weight excluding hydrogens is 345 g/mol. The van der Waals surface area contributed by atoms with Gasteiger partial charge in [0, 0.05) is 16.7 Å². The first-order valence-electron chi connectivity index (χ1n) is 7.81. The van der Waals surface area contributed by atoms with Gasteiger partial charge in [-0.2, -0.15) is 10.2 Å². The maximum absolute atomic E-state index is 13.8. The number of rotatable bonds is 2. The quantitative estimate of drug-likeness (QED) is 0.681. The Bertz CT molecular complexity index is 1110. The largest absolute Gasteiger partial charge is 0.497 e. The predicted molar refractivity (Wildman–Crippen MR) is 99.9 cm³/mol. The molecule has 3 rings (SSSR count). The number of hydrogen-bond acceptors (Lipinski definition) is 6. The van der Waals surface area contributed by atoms with Gasteiger partial charge in [0.05, 0.1) is 12.8 Å². The Balaban J connectivity index is 2.13. The predicted octanol–water partition coefficient (Wildman–Crippen LogP) is 2.73. The minimum absolute atomic E-state index is 0.0432. The highest BCUT2D eigenvalue weighted by Gasteiger charge is 2.16. The average molecular weight is 359 g/mol. The topological polar surface area (TPSA) is 111 Å². The van der Waals surface area contributed by atoms with Crippen molar-refractivity contribution in [1.29, 1.82) is 5.26 Å². The van der Waals surface area contributed by atoms with Crippen molar-refractivity contribution in [2.24, 2.45) is 0 Å². The van der Waals surface area contributed by atoms with Crippen molar-refractivity contribution in [2.45, 2.75) is 0 Å². The number of anilines is 2. The highest BCUT2D eigenvalue weighted by Crippen LogP contribution is 2.28. The summed E-state index contributed by atoms with van der Waals surface area (Å²) in [6.07, 6.45) is 0. The average Bonchev–Trinajstić information content (AvgIpc) is 2.66. The number of nitriles is 1. The van der Waals surface area contributed by atoms with Gasteiger partial charge < -0.3 is 16.2 Å². The minimum Gasteiger partial charge on any atom is -0.497 e. The van der Waals surface area contributed by atoms with Gasteiger partial charge in [-0.1, -0.05) is 11.8 Å². The third-order valence-corrected chi connectivity index (χ3v) is 3.73. The summed E-state index contributed by atoms with van der Waals surface area (Å²) in [5.41, 5.74) is 13.2. The number of ether oxygens (including phenoxy) is 1. The van der Waals surface area contributed by atoms with Gasteiger partial charge in [0.25, 0.3) is 0 Å². The van der Waals surface area contributed by atoms with Crippen LogP contribution < -0.4 is 16.2 Å². The molecule has 0 saturated heterocycles. The summed E-state index contributed by atoms with van der Waals surface area (Å²) < 4.78 is 18.9. The molecule has 1 aromatic heterocycles. The van der Waals surface area contributed by atoms with Gasteiger partial charge in [-0.05, 0) is 42.5 Å². The minimum atomic E-state index is -0.466. The van der Waals surface area contributed by atoms with Crippen LogP contribution in [0.4, 0.5) is 16.2 Å². The Kier molecular flexibility index (Phi) is 4.87. The number of methoxy groups -OCH3 is 1. The number of hydrogen-bond donors (Lipinski definition) is 2. The molecule has 0 atom stereocenters. The molecule has 1 heterocycles. The van der Waals surface area contributed by atoms with Crippen molar-refractivity contribution in [3.63, 3.8) is 0 Å². The van der Waals surface area contributed by atoms with E-state index in [1.54, 1.807) is 31.4 Å². The van der Waals surface area contributed by atoms with Crippen molar-refractivity contribution in [2.75, 3.05) is 18.6 Å². The summed E-state index contributed by atoms with van der Waals surface area (Å²) in [5.74, 6) is 5.98. The molecule has 0 unspecified atom stereocenters. The van der Waals surface area contributed by atoms with E-state index in [-0.39, 0.29) is 23.0 Å². The van der Waals surface area contributed by atoms with E-state index in [1.165, 1.54) is 18.2 Å². The van der Waals surface area contributed by atoms with Crippen molar-refractivity contribution in [3.05, 3.63) is 65.0 Å². The van der Waals surface area contributed by atoms with Crippen molar-refractivity contribution < 1.29 is 9.13 Å². The molecule has 0 fully saturated rings. The molecule has 0 amide bonds. The summed E-state index contributed by atoms with van der Waals surface area (Å²) in [4.78, 5) is 7.89. The van der Waals surface area contributed by atoms with Crippen molar-refractivity contribution in [3.8, 4) is 34.9 Å². The fourth-order valence-corrected chi connectivity index (χ4v) is 2.44. The molecular formula is C20H14FN5O. The molecule has 0 saturated carbocycles. The number of halogens is 1. The maximum Gasteiger partial charge on any atom is 0.222 e. The van der Waals surface area contributed by atoms with Gasteiger partial charge >= 0.3 is 0 Å². The fourth-order valence-electron chi connectivity index (χ4n) is 2.44. The molecule has 27 heavy (non-hydrogen) atoms. The molecule has 2 aromatic carbocycles. The van der Waals surface area contributed by atoms with Crippen LogP contribution in [0, 0.1) is 29.0 Å². The second-order valence-corrected chi connectivity index (χ2v) is 5.47. The summed E-state index contributed by atoms with van der Waals surface area (Å²) in [7, 11) is 1.58. The van der Waals surface area contributed by atoms with Crippen LogP contribution in [-0.2, 0) is 0 Å². The van der Waals surface area contributed by atoms with Crippen LogP contribution in [0.1, 0.15) is 16.7 Å². The molecule has 0 aliphatic heterocycles. The molecule has 132 valence electrons. The summed E-state index contributed by atoms with van der Waals surface area (Å²) in [6.45, 7) is 0. The van der Waals surface area contributed by atoms with Gasteiger partial charge in [-0.3, -0.25) is 0 Å². The van der Waals surface area contributed by atoms with Crippen molar-refractivity contribution >= 4 is 11.8 Å². The lowest BCUT2D eigenvalue weighted by Crippen LogP contribution is -2.05. The third kappa shape index (κ3) is 3.78. The highest BCUT2D eigenvalue weighted by molar-refractivity contribution is 5.77. The molecule has 0 radical (unpaired) electrons. The van der Waals surface area contributed by atoms with Crippen LogP contribution in [-0.4, -0.2) is 17.1 Å². The molecule has 4 N–H and O–H groups in total. The Morgan fingerprint density at radius 1 is 1.04 bits per heavy atom. The number of aromatic nitrogens is 2. The molecule has 0 aliphatic carbocycles. The van der Waals surface area contributed by atoms with E-state index in [9.17, 15) is 9.65 Å². The molecule has 7 heteroatoms. The normalized spacial score (nSPS) is 9.81. The van der Waals surface area contributed by atoms with Crippen LogP contribution in [0.5, 0.6) is 5.75 Å². The van der Waals surface area contributed by atoms with Gasteiger partial charge in [0.2, 0.25) is 5.95 Å². The first-order valence-corrected chi connectivity index (χ1v) is 7.81. The molecule has 0 aliphatic rings. The summed E-state index contributed by atoms with van der Waals surface area (Å²) in [6, 6.07) is 13.1. The van der Waals surface area contributed by atoms with Crippen LogP contribution >= 0.6 is 0 Å². The first kappa shape index (κ1) is 17.7. The zero-order valence-corrected chi connectivity index (χ0v) is 14.3. The number of nitrogens with two attached hydrogens (primary N) is 2. The van der Waals surface area contributed by atoms with E-state index < -0.39 is 5.82 Å². The van der Waals surface area contributed by atoms with Gasteiger partial charge in [0.1, 0.15) is 29.0 Å². The Hall–Kier alpha value is -4.10. The molecule has 0 bridgehead atoms. The fraction of sp³-hybridized carbons (Fsp3) is 0.0500. The van der Waals surface area contributed by atoms with Crippen LogP contribution in [0.25, 0.3) is 11.3 Å². The molecule has 3 aromatic rings. The van der Waals surface area contributed by atoms with Gasteiger partial charge in [-0.15, -0.1) is 0 Å². The molecule has 0 spiro atoms. The van der Waals surface area contributed by atoms with E-state index in [0.29, 0.717) is 22.4 Å². The van der Waals surface area contributed by atoms with Crippen molar-refractivity contribution in [1.82, 2.24) is 9.97 Å². The lowest BCUT2D eigenvalue weighted by molar-refractivity contribution is 0.415. The standard InChI is InChI=1S/C20H14FN5O/c1-27-15-7-3-12(4-8-15)2-5-13-10-14(21)6-9-16(13)18-17(11-22)19(23)26-20(24)25-18/h3-4,6-10H,1H3,(H4,23,24,25,26). The van der Waals surface area contributed by atoms with Crippen LogP contribution in [0.15, 0.2) is 42.5 Å². The Morgan fingerprint density at radius 2 is 1.78 bits per heavy atom. The summed E-state index contributed by atoms with van der Waals surface area (Å²) >= 11 is 0. The molecule has 6 nitrogen and oxygen atoms in total. The van der Waals surface area contributed by atoms with Gasteiger partial charge in [-0.25, -0.2) is 9.37 Å².